The van der Waals surface area contributed by atoms with E-state index in [9.17, 15) is 9.59 Å². The van der Waals surface area contributed by atoms with Gasteiger partial charge in [-0.1, -0.05) is 0 Å². The maximum Gasteiger partial charge on any atom is 0.240 e. The molecule has 0 aliphatic heterocycles. The van der Waals surface area contributed by atoms with E-state index in [4.69, 9.17) is 0 Å². The van der Waals surface area contributed by atoms with Crippen molar-refractivity contribution in [1.29, 1.82) is 0 Å². The number of ketones is 1. The fraction of sp³-hybridized carbons (Fsp3) is 0.538. The highest BCUT2D eigenvalue weighted by molar-refractivity contribution is 5.98. The van der Waals surface area contributed by atoms with Gasteiger partial charge in [-0.25, -0.2) is 0 Å². The highest BCUT2D eigenvalue weighted by atomic mass is 16.2. The van der Waals surface area contributed by atoms with Gasteiger partial charge < -0.3 is 9.88 Å². The molecular weight excluding hydrogens is 216 g/mol. The molecule has 0 saturated carbocycles. The molecule has 4 heteroatoms. The molecule has 0 bridgehead atoms. The lowest BCUT2D eigenvalue weighted by molar-refractivity contribution is -0.122. The van der Waals surface area contributed by atoms with E-state index in [0.29, 0.717) is 13.0 Å². The lowest BCUT2D eigenvalue weighted by Crippen LogP contribution is -2.33. The summed E-state index contributed by atoms with van der Waals surface area (Å²) < 4.78 is 1.89. The zero-order chi connectivity index (χ0) is 12.4. The molecule has 0 fully saturated rings. The van der Waals surface area contributed by atoms with Crippen LogP contribution in [0.1, 0.15) is 42.7 Å². The van der Waals surface area contributed by atoms with Crippen LogP contribution >= 0.6 is 0 Å². The van der Waals surface area contributed by atoms with Gasteiger partial charge in [0.1, 0.15) is 6.54 Å². The van der Waals surface area contributed by atoms with E-state index in [0.717, 1.165) is 24.1 Å². The predicted molar refractivity (Wildman–Crippen MR) is 65.0 cm³/mol. The van der Waals surface area contributed by atoms with E-state index in [-0.39, 0.29) is 17.7 Å². The van der Waals surface area contributed by atoms with Crippen molar-refractivity contribution in [1.82, 2.24) is 9.88 Å². The monoisotopic (exact) mass is 234 g/mol. The van der Waals surface area contributed by atoms with E-state index in [1.165, 1.54) is 0 Å². The van der Waals surface area contributed by atoms with Crippen LogP contribution in [0.15, 0.2) is 12.3 Å². The number of carbonyl (C=O) groups is 2. The lowest BCUT2D eigenvalue weighted by atomic mass is 9.97. The second-order valence-corrected chi connectivity index (χ2v) is 4.80. The third-order valence-electron chi connectivity index (χ3n) is 2.96. The summed E-state index contributed by atoms with van der Waals surface area (Å²) in [5.74, 6) is 0.200. The number of Topliss-reactive ketones (excluding diaryl/α,β-unsaturated/α-hetero) is 1. The first kappa shape index (κ1) is 11.9. The fourth-order valence-electron chi connectivity index (χ4n) is 2.26. The molecule has 0 saturated heterocycles. The van der Waals surface area contributed by atoms with E-state index < -0.39 is 0 Å². The van der Waals surface area contributed by atoms with Gasteiger partial charge >= 0.3 is 0 Å². The molecule has 0 atom stereocenters. The number of fused-ring (bicyclic) bond motifs is 1. The van der Waals surface area contributed by atoms with Crippen molar-refractivity contribution < 1.29 is 9.59 Å². The molecule has 1 N–H and O–H groups in total. The minimum absolute atomic E-state index is 0.00331. The summed E-state index contributed by atoms with van der Waals surface area (Å²) in [6.45, 7) is 4.18. The Morgan fingerprint density at radius 1 is 1.47 bits per heavy atom. The average molecular weight is 234 g/mol. The quantitative estimate of drug-likeness (QED) is 0.862. The molecule has 1 aromatic rings. The number of nitrogens with zero attached hydrogens (tertiary/aromatic N) is 1. The Hall–Kier alpha value is -1.58. The number of hydrogen-bond donors (Lipinski definition) is 1. The van der Waals surface area contributed by atoms with Crippen LogP contribution in [0.25, 0.3) is 0 Å². The number of aromatic nitrogens is 1. The van der Waals surface area contributed by atoms with Crippen molar-refractivity contribution in [2.75, 3.05) is 0 Å². The van der Waals surface area contributed by atoms with Gasteiger partial charge in [0.25, 0.3) is 0 Å². The zero-order valence-electron chi connectivity index (χ0n) is 10.3. The van der Waals surface area contributed by atoms with Gasteiger partial charge in [0.15, 0.2) is 5.78 Å². The Morgan fingerprint density at radius 3 is 2.94 bits per heavy atom. The van der Waals surface area contributed by atoms with Gasteiger partial charge in [-0.2, -0.15) is 0 Å². The van der Waals surface area contributed by atoms with Crippen molar-refractivity contribution in [3.8, 4) is 0 Å². The number of carbonyl (C=O) groups excluding carboxylic acids is 2. The normalized spacial score (nSPS) is 14.9. The SMILES string of the molecule is CC(C)NC(=O)Cn1ccc2c1CCCC2=O. The van der Waals surface area contributed by atoms with E-state index in [2.05, 4.69) is 5.32 Å². The van der Waals surface area contributed by atoms with Crippen LogP contribution in [-0.4, -0.2) is 22.3 Å². The topological polar surface area (TPSA) is 51.1 Å². The van der Waals surface area contributed by atoms with Crippen LogP contribution in [0.2, 0.25) is 0 Å². The van der Waals surface area contributed by atoms with Crippen molar-refractivity contribution in [2.24, 2.45) is 0 Å². The van der Waals surface area contributed by atoms with Crippen LogP contribution in [0.3, 0.4) is 0 Å². The van der Waals surface area contributed by atoms with Gasteiger partial charge in [-0.3, -0.25) is 9.59 Å². The van der Waals surface area contributed by atoms with Crippen LogP contribution in [0.5, 0.6) is 0 Å². The molecule has 17 heavy (non-hydrogen) atoms. The first-order valence-electron chi connectivity index (χ1n) is 6.08. The third-order valence-corrected chi connectivity index (χ3v) is 2.96. The molecule has 0 spiro atoms. The van der Waals surface area contributed by atoms with Gasteiger partial charge in [-0.15, -0.1) is 0 Å². The van der Waals surface area contributed by atoms with Gasteiger partial charge in [0.2, 0.25) is 5.91 Å². The van der Waals surface area contributed by atoms with E-state index in [1.54, 1.807) is 0 Å². The number of hydrogen-bond acceptors (Lipinski definition) is 2. The summed E-state index contributed by atoms with van der Waals surface area (Å²) in [5.41, 5.74) is 1.81. The Kier molecular flexibility index (Phi) is 3.31. The molecular formula is C13H18N2O2. The van der Waals surface area contributed by atoms with Crippen molar-refractivity contribution in [3.63, 3.8) is 0 Å². The molecule has 0 aromatic carbocycles. The van der Waals surface area contributed by atoms with Crippen molar-refractivity contribution in [2.45, 2.75) is 45.7 Å². The maximum absolute atomic E-state index is 11.7. The molecule has 1 aliphatic rings. The molecule has 1 aliphatic carbocycles. The summed E-state index contributed by atoms with van der Waals surface area (Å²) in [5, 5.41) is 2.85. The highest BCUT2D eigenvalue weighted by Crippen LogP contribution is 2.22. The zero-order valence-corrected chi connectivity index (χ0v) is 10.3. The highest BCUT2D eigenvalue weighted by Gasteiger charge is 2.21. The van der Waals surface area contributed by atoms with Crippen LogP contribution < -0.4 is 5.32 Å². The standard InChI is InChI=1S/C13H18N2O2/c1-9(2)14-13(17)8-15-7-6-10-11(15)4-3-5-12(10)16/h6-7,9H,3-5,8H2,1-2H3,(H,14,17). The molecule has 1 aromatic heterocycles. The fourth-order valence-corrected chi connectivity index (χ4v) is 2.26. The van der Waals surface area contributed by atoms with E-state index >= 15 is 0 Å². The Bertz CT molecular complexity index is 446. The number of nitrogens with one attached hydrogen (secondary N) is 1. The van der Waals surface area contributed by atoms with Crippen LogP contribution in [0, 0.1) is 0 Å². The largest absolute Gasteiger partial charge is 0.352 e. The van der Waals surface area contributed by atoms with Gasteiger partial charge in [0, 0.05) is 29.9 Å². The second-order valence-electron chi connectivity index (χ2n) is 4.80. The average Bonchev–Trinajstić information content (AvgIpc) is 2.62. The minimum Gasteiger partial charge on any atom is -0.352 e. The van der Waals surface area contributed by atoms with Gasteiger partial charge in [0.05, 0.1) is 0 Å². The summed E-state index contributed by atoms with van der Waals surface area (Å²) in [6.07, 6.45) is 4.26. The molecule has 92 valence electrons. The third kappa shape index (κ3) is 2.57. The predicted octanol–water partition coefficient (Wildman–Crippen LogP) is 1.53. The van der Waals surface area contributed by atoms with E-state index in [1.807, 2.05) is 30.7 Å². The summed E-state index contributed by atoms with van der Waals surface area (Å²) in [6, 6.07) is 1.98. The number of rotatable bonds is 3. The minimum atomic E-state index is -0.00331. The first-order chi connectivity index (χ1) is 8.08. The molecule has 4 nitrogen and oxygen atoms in total. The Morgan fingerprint density at radius 2 is 2.24 bits per heavy atom. The first-order valence-corrected chi connectivity index (χ1v) is 6.08. The van der Waals surface area contributed by atoms with Crippen molar-refractivity contribution >= 4 is 11.7 Å². The summed E-state index contributed by atoms with van der Waals surface area (Å²) in [7, 11) is 0. The second kappa shape index (κ2) is 4.73. The Balaban J connectivity index is 2.12. The smallest absolute Gasteiger partial charge is 0.240 e. The molecule has 1 amide bonds. The molecule has 0 radical (unpaired) electrons. The molecule has 0 unspecified atom stereocenters. The summed E-state index contributed by atoms with van der Waals surface area (Å²) in [4.78, 5) is 23.3. The molecule has 2 rings (SSSR count). The van der Waals surface area contributed by atoms with Gasteiger partial charge in [-0.05, 0) is 32.8 Å². The van der Waals surface area contributed by atoms with Crippen LogP contribution in [0.4, 0.5) is 0 Å². The Labute approximate surface area is 101 Å². The van der Waals surface area contributed by atoms with Crippen LogP contribution in [-0.2, 0) is 17.8 Å². The lowest BCUT2D eigenvalue weighted by Gasteiger charge is -2.15. The van der Waals surface area contributed by atoms with Crippen molar-refractivity contribution in [3.05, 3.63) is 23.5 Å². The summed E-state index contributed by atoms with van der Waals surface area (Å²) >= 11 is 0. The maximum atomic E-state index is 11.7. The number of amides is 1. The molecule has 1 heterocycles.